The van der Waals surface area contributed by atoms with Gasteiger partial charge in [0.05, 0.1) is 11.2 Å². The molecule has 86 valence electrons. The zero-order chi connectivity index (χ0) is 11.1. The largest absolute Gasteiger partial charge is 0.396 e. The van der Waals surface area contributed by atoms with Crippen LogP contribution >= 0.6 is 11.3 Å². The van der Waals surface area contributed by atoms with Crippen molar-refractivity contribution in [3.8, 4) is 0 Å². The summed E-state index contributed by atoms with van der Waals surface area (Å²) in [7, 11) is 0. The highest BCUT2D eigenvalue weighted by Crippen LogP contribution is 2.12. The molecule has 0 saturated carbocycles. The fourth-order valence-electron chi connectivity index (χ4n) is 1.52. The molecule has 15 heavy (non-hydrogen) atoms. The van der Waals surface area contributed by atoms with Gasteiger partial charge in [0.15, 0.2) is 0 Å². The molecule has 1 aromatic rings. The van der Waals surface area contributed by atoms with Crippen LogP contribution in [0.25, 0.3) is 0 Å². The van der Waals surface area contributed by atoms with E-state index in [2.05, 4.69) is 17.2 Å². The first-order valence-corrected chi connectivity index (χ1v) is 6.36. The van der Waals surface area contributed by atoms with Gasteiger partial charge < -0.3 is 10.4 Å². The summed E-state index contributed by atoms with van der Waals surface area (Å²) in [5.74, 6) is 0.586. The number of thiazole rings is 1. The number of aliphatic hydroxyl groups is 1. The van der Waals surface area contributed by atoms with Crippen LogP contribution in [0.1, 0.15) is 30.3 Å². The molecule has 0 amide bonds. The van der Waals surface area contributed by atoms with Crippen LogP contribution < -0.4 is 5.32 Å². The molecule has 0 aromatic carbocycles. The second-order valence-electron chi connectivity index (χ2n) is 3.78. The zero-order valence-electron chi connectivity index (χ0n) is 9.49. The van der Waals surface area contributed by atoms with Gasteiger partial charge in [0.2, 0.25) is 0 Å². The van der Waals surface area contributed by atoms with Crippen LogP contribution in [0, 0.1) is 12.8 Å². The third kappa shape index (κ3) is 4.28. The van der Waals surface area contributed by atoms with E-state index >= 15 is 0 Å². The fourth-order valence-corrected chi connectivity index (χ4v) is 2.27. The van der Waals surface area contributed by atoms with Gasteiger partial charge in [-0.2, -0.15) is 0 Å². The molecule has 0 saturated heterocycles. The highest BCUT2D eigenvalue weighted by molar-refractivity contribution is 7.09. The average molecular weight is 228 g/mol. The van der Waals surface area contributed by atoms with Crippen molar-refractivity contribution in [3.05, 3.63) is 16.1 Å². The minimum Gasteiger partial charge on any atom is -0.396 e. The van der Waals surface area contributed by atoms with Gasteiger partial charge in [-0.3, -0.25) is 0 Å². The summed E-state index contributed by atoms with van der Waals surface area (Å²) in [6.07, 6.45) is 2.01. The van der Waals surface area contributed by atoms with Crippen molar-refractivity contribution >= 4 is 11.3 Å². The number of nitrogens with zero attached hydrogens (tertiary/aromatic N) is 1. The summed E-state index contributed by atoms with van der Waals surface area (Å²) >= 11 is 1.70. The smallest absolute Gasteiger partial charge is 0.0798 e. The zero-order valence-corrected chi connectivity index (χ0v) is 10.3. The van der Waals surface area contributed by atoms with E-state index in [1.165, 1.54) is 4.88 Å². The number of hydrogen-bond acceptors (Lipinski definition) is 4. The Labute approximate surface area is 95.6 Å². The summed E-state index contributed by atoms with van der Waals surface area (Å²) in [5.41, 5.74) is 3.01. The van der Waals surface area contributed by atoms with Crippen LogP contribution in [-0.4, -0.2) is 23.2 Å². The van der Waals surface area contributed by atoms with Crippen molar-refractivity contribution in [1.82, 2.24) is 10.3 Å². The molecule has 0 fully saturated rings. The Balaban J connectivity index is 2.23. The van der Waals surface area contributed by atoms with Crippen molar-refractivity contribution in [1.29, 1.82) is 0 Å². The van der Waals surface area contributed by atoms with E-state index in [0.29, 0.717) is 12.5 Å². The van der Waals surface area contributed by atoms with Crippen LogP contribution in [0.3, 0.4) is 0 Å². The summed E-state index contributed by atoms with van der Waals surface area (Å²) in [6.45, 7) is 6.38. The second kappa shape index (κ2) is 6.93. The maximum Gasteiger partial charge on any atom is 0.0798 e. The SMILES string of the molecule is CCC(CCO)CNCc1scnc1C. The lowest BCUT2D eigenvalue weighted by Crippen LogP contribution is -2.22. The van der Waals surface area contributed by atoms with Crippen LogP contribution in [-0.2, 0) is 6.54 Å². The Hall–Kier alpha value is -0.450. The van der Waals surface area contributed by atoms with E-state index in [1.54, 1.807) is 11.3 Å². The van der Waals surface area contributed by atoms with Crippen molar-refractivity contribution in [2.75, 3.05) is 13.2 Å². The van der Waals surface area contributed by atoms with Gasteiger partial charge in [-0.1, -0.05) is 13.3 Å². The van der Waals surface area contributed by atoms with Crippen LogP contribution in [0.5, 0.6) is 0 Å². The fraction of sp³-hybridized carbons (Fsp3) is 0.727. The Morgan fingerprint density at radius 2 is 2.40 bits per heavy atom. The Bertz CT molecular complexity index is 275. The van der Waals surface area contributed by atoms with Crippen LogP contribution in [0.2, 0.25) is 0 Å². The predicted octanol–water partition coefficient (Wildman–Crippen LogP) is 1.95. The summed E-state index contributed by atoms with van der Waals surface area (Å²) in [5, 5.41) is 12.3. The molecule has 1 rings (SSSR count). The highest BCUT2D eigenvalue weighted by Gasteiger charge is 2.06. The van der Waals surface area contributed by atoms with Gasteiger partial charge in [-0.05, 0) is 25.8 Å². The van der Waals surface area contributed by atoms with Crippen molar-refractivity contribution in [2.45, 2.75) is 33.2 Å². The number of aryl methyl sites for hydroxylation is 1. The lowest BCUT2D eigenvalue weighted by molar-refractivity contribution is 0.251. The number of aliphatic hydroxyl groups excluding tert-OH is 1. The molecular weight excluding hydrogens is 208 g/mol. The number of rotatable bonds is 7. The van der Waals surface area contributed by atoms with Crippen LogP contribution in [0.4, 0.5) is 0 Å². The molecule has 0 bridgehead atoms. The molecule has 0 radical (unpaired) electrons. The Kier molecular flexibility index (Phi) is 5.83. The number of hydrogen-bond donors (Lipinski definition) is 2. The highest BCUT2D eigenvalue weighted by atomic mass is 32.1. The molecule has 4 heteroatoms. The van der Waals surface area contributed by atoms with Crippen molar-refractivity contribution in [2.24, 2.45) is 5.92 Å². The van der Waals surface area contributed by atoms with E-state index in [-0.39, 0.29) is 0 Å². The first kappa shape index (κ1) is 12.6. The van der Waals surface area contributed by atoms with Gasteiger partial charge in [0, 0.05) is 18.0 Å². The predicted molar refractivity (Wildman–Crippen MR) is 64.0 cm³/mol. The molecule has 0 aliphatic heterocycles. The van der Waals surface area contributed by atoms with Gasteiger partial charge in [0.25, 0.3) is 0 Å². The monoisotopic (exact) mass is 228 g/mol. The molecule has 0 spiro atoms. The molecule has 1 heterocycles. The lowest BCUT2D eigenvalue weighted by atomic mass is 10.0. The normalized spacial score (nSPS) is 13.0. The van der Waals surface area contributed by atoms with Crippen molar-refractivity contribution < 1.29 is 5.11 Å². The minimum atomic E-state index is 0.291. The maximum atomic E-state index is 8.86. The third-order valence-electron chi connectivity index (χ3n) is 2.68. The minimum absolute atomic E-state index is 0.291. The molecular formula is C11H20N2OS. The van der Waals surface area contributed by atoms with Gasteiger partial charge >= 0.3 is 0 Å². The quantitative estimate of drug-likeness (QED) is 0.750. The molecule has 1 aromatic heterocycles. The van der Waals surface area contributed by atoms with Gasteiger partial charge in [0.1, 0.15) is 0 Å². The lowest BCUT2D eigenvalue weighted by Gasteiger charge is -2.13. The van der Waals surface area contributed by atoms with Crippen LogP contribution in [0.15, 0.2) is 5.51 Å². The summed E-state index contributed by atoms with van der Waals surface area (Å²) in [6, 6.07) is 0. The summed E-state index contributed by atoms with van der Waals surface area (Å²) < 4.78 is 0. The van der Waals surface area contributed by atoms with Gasteiger partial charge in [-0.15, -0.1) is 11.3 Å². The van der Waals surface area contributed by atoms with E-state index in [1.807, 2.05) is 12.4 Å². The maximum absolute atomic E-state index is 8.86. The Morgan fingerprint density at radius 1 is 1.60 bits per heavy atom. The third-order valence-corrected chi connectivity index (χ3v) is 3.61. The standard InChI is InChI=1S/C11H20N2OS/c1-3-10(4-5-14)6-12-7-11-9(2)13-8-15-11/h8,10,12,14H,3-7H2,1-2H3. The molecule has 2 N–H and O–H groups in total. The first-order valence-electron chi connectivity index (χ1n) is 5.48. The second-order valence-corrected chi connectivity index (χ2v) is 4.72. The van der Waals surface area contributed by atoms with Gasteiger partial charge in [-0.25, -0.2) is 4.98 Å². The number of aromatic nitrogens is 1. The molecule has 0 aliphatic carbocycles. The van der Waals surface area contributed by atoms with Crippen molar-refractivity contribution in [3.63, 3.8) is 0 Å². The van der Waals surface area contributed by atoms with E-state index in [4.69, 9.17) is 5.11 Å². The Morgan fingerprint density at radius 3 is 2.93 bits per heavy atom. The average Bonchev–Trinajstić information content (AvgIpc) is 2.63. The summed E-state index contributed by atoms with van der Waals surface area (Å²) in [4.78, 5) is 5.52. The number of nitrogens with one attached hydrogen (secondary N) is 1. The topological polar surface area (TPSA) is 45.1 Å². The van der Waals surface area contributed by atoms with E-state index in [0.717, 1.165) is 31.6 Å². The van der Waals surface area contributed by atoms with E-state index in [9.17, 15) is 0 Å². The molecule has 1 unspecified atom stereocenters. The first-order chi connectivity index (χ1) is 7.27. The molecule has 3 nitrogen and oxygen atoms in total. The molecule has 0 aliphatic rings. The van der Waals surface area contributed by atoms with E-state index < -0.39 is 0 Å². The molecule has 1 atom stereocenters.